The number of hydrogen-bond donors (Lipinski definition) is 1. The van der Waals surface area contributed by atoms with Crippen molar-refractivity contribution in [2.45, 2.75) is 31.1 Å². The van der Waals surface area contributed by atoms with Gasteiger partial charge in [0.25, 0.3) is 10.0 Å². The van der Waals surface area contributed by atoms with E-state index < -0.39 is 10.0 Å². The summed E-state index contributed by atoms with van der Waals surface area (Å²) in [6.07, 6.45) is 2.43. The fourth-order valence-electron chi connectivity index (χ4n) is 3.12. The van der Waals surface area contributed by atoms with Crippen LogP contribution in [-0.2, 0) is 21.2 Å². The Morgan fingerprint density at radius 2 is 1.82 bits per heavy atom. The van der Waals surface area contributed by atoms with Gasteiger partial charge >= 0.3 is 0 Å². The maximum atomic E-state index is 12.8. The summed E-state index contributed by atoms with van der Waals surface area (Å²) in [4.78, 5) is 14.1. The standard InChI is InChI=1S/C20H23ClN2O4S/c1-2-27-18-10-7-16(21)14-19(18)28(25,26)22-17-8-5-15(6-9-17)13-20(24)23-11-3-4-12-23/h5-10,14,22H,2-4,11-13H2,1H3. The van der Waals surface area contributed by atoms with Gasteiger partial charge in [-0.25, -0.2) is 8.42 Å². The Kier molecular flexibility index (Phi) is 6.46. The van der Waals surface area contributed by atoms with Crippen molar-refractivity contribution in [3.8, 4) is 5.75 Å². The second-order valence-corrected chi connectivity index (χ2v) is 8.68. The van der Waals surface area contributed by atoms with Crippen molar-refractivity contribution >= 4 is 33.2 Å². The van der Waals surface area contributed by atoms with E-state index in [0.29, 0.717) is 23.7 Å². The minimum Gasteiger partial charge on any atom is -0.492 e. The first-order chi connectivity index (χ1) is 13.4. The van der Waals surface area contributed by atoms with Crippen LogP contribution in [0.5, 0.6) is 5.75 Å². The molecule has 1 fully saturated rings. The molecule has 0 spiro atoms. The summed E-state index contributed by atoms with van der Waals surface area (Å²) in [5, 5.41) is 0.305. The maximum absolute atomic E-state index is 12.8. The number of hydrogen-bond acceptors (Lipinski definition) is 4. The van der Waals surface area contributed by atoms with Crippen LogP contribution in [-0.4, -0.2) is 38.9 Å². The quantitative estimate of drug-likeness (QED) is 0.738. The van der Waals surface area contributed by atoms with Gasteiger partial charge in [-0.1, -0.05) is 23.7 Å². The molecule has 2 aromatic rings. The molecule has 1 aliphatic heterocycles. The molecular formula is C20H23ClN2O4S. The second kappa shape index (κ2) is 8.84. The van der Waals surface area contributed by atoms with Gasteiger partial charge < -0.3 is 9.64 Å². The third-order valence-electron chi connectivity index (χ3n) is 4.52. The van der Waals surface area contributed by atoms with E-state index in [1.165, 1.54) is 12.1 Å². The van der Waals surface area contributed by atoms with Crippen molar-refractivity contribution < 1.29 is 17.9 Å². The van der Waals surface area contributed by atoms with Crippen LogP contribution in [0.1, 0.15) is 25.3 Å². The summed E-state index contributed by atoms with van der Waals surface area (Å²) in [6.45, 7) is 3.75. The number of benzene rings is 2. The smallest absolute Gasteiger partial charge is 0.265 e. The largest absolute Gasteiger partial charge is 0.492 e. The number of likely N-dealkylation sites (tertiary alicyclic amines) is 1. The molecule has 1 N–H and O–H groups in total. The Hall–Kier alpha value is -2.25. The Morgan fingerprint density at radius 3 is 2.46 bits per heavy atom. The lowest BCUT2D eigenvalue weighted by molar-refractivity contribution is -0.129. The van der Waals surface area contributed by atoms with E-state index in [4.69, 9.17) is 16.3 Å². The summed E-state index contributed by atoms with van der Waals surface area (Å²) < 4.78 is 33.5. The van der Waals surface area contributed by atoms with E-state index >= 15 is 0 Å². The Labute approximate surface area is 170 Å². The van der Waals surface area contributed by atoms with Gasteiger partial charge in [-0.2, -0.15) is 0 Å². The van der Waals surface area contributed by atoms with E-state index in [1.807, 2.05) is 4.90 Å². The molecule has 0 bridgehead atoms. The van der Waals surface area contributed by atoms with Crippen molar-refractivity contribution in [1.29, 1.82) is 0 Å². The molecule has 0 atom stereocenters. The number of nitrogens with zero attached hydrogens (tertiary/aromatic N) is 1. The topological polar surface area (TPSA) is 75.7 Å². The molecule has 1 amide bonds. The highest BCUT2D eigenvalue weighted by Gasteiger charge is 2.21. The van der Waals surface area contributed by atoms with E-state index in [1.54, 1.807) is 37.3 Å². The molecule has 0 radical (unpaired) electrons. The summed E-state index contributed by atoms with van der Waals surface area (Å²) in [5.41, 5.74) is 1.25. The average molecular weight is 423 g/mol. The number of ether oxygens (including phenoxy) is 1. The first-order valence-electron chi connectivity index (χ1n) is 9.21. The molecule has 8 heteroatoms. The zero-order chi connectivity index (χ0) is 20.1. The van der Waals surface area contributed by atoms with Crippen molar-refractivity contribution in [1.82, 2.24) is 4.90 Å². The maximum Gasteiger partial charge on any atom is 0.265 e. The Bertz CT molecular complexity index is 939. The molecule has 0 aromatic heterocycles. The van der Waals surface area contributed by atoms with Gasteiger partial charge in [-0.3, -0.25) is 9.52 Å². The van der Waals surface area contributed by atoms with Gasteiger partial charge in [0.1, 0.15) is 10.6 Å². The van der Waals surface area contributed by atoms with Crippen LogP contribution in [0.15, 0.2) is 47.4 Å². The van der Waals surface area contributed by atoms with Crippen molar-refractivity contribution in [2.75, 3.05) is 24.4 Å². The molecule has 3 rings (SSSR count). The Morgan fingerprint density at radius 1 is 1.14 bits per heavy atom. The van der Waals surface area contributed by atoms with E-state index in [0.717, 1.165) is 31.5 Å². The molecule has 1 saturated heterocycles. The lowest BCUT2D eigenvalue weighted by Crippen LogP contribution is -2.29. The van der Waals surface area contributed by atoms with Gasteiger partial charge in [-0.05, 0) is 55.7 Å². The first-order valence-corrected chi connectivity index (χ1v) is 11.1. The third kappa shape index (κ3) is 4.97. The van der Waals surface area contributed by atoms with Crippen molar-refractivity contribution in [2.24, 2.45) is 0 Å². The number of carbonyl (C=O) groups excluding carboxylic acids is 1. The molecule has 1 aliphatic rings. The zero-order valence-corrected chi connectivity index (χ0v) is 17.2. The number of amides is 1. The number of halogens is 1. The van der Waals surface area contributed by atoms with Gasteiger partial charge in [0, 0.05) is 23.8 Å². The normalized spacial score (nSPS) is 14.1. The number of rotatable bonds is 7. The SMILES string of the molecule is CCOc1ccc(Cl)cc1S(=O)(=O)Nc1ccc(CC(=O)N2CCCC2)cc1. The van der Waals surface area contributed by atoms with Gasteiger partial charge in [0.05, 0.1) is 13.0 Å². The van der Waals surface area contributed by atoms with Crippen LogP contribution in [0.4, 0.5) is 5.69 Å². The minimum atomic E-state index is -3.87. The first kappa shape index (κ1) is 20.5. The lowest BCUT2D eigenvalue weighted by atomic mass is 10.1. The van der Waals surface area contributed by atoms with Gasteiger partial charge in [0.15, 0.2) is 0 Å². The molecule has 28 heavy (non-hydrogen) atoms. The van der Waals surface area contributed by atoms with Crippen molar-refractivity contribution in [3.05, 3.63) is 53.1 Å². The average Bonchev–Trinajstić information content (AvgIpc) is 3.19. The molecule has 0 saturated carbocycles. The number of carbonyl (C=O) groups is 1. The monoisotopic (exact) mass is 422 g/mol. The molecule has 150 valence electrons. The molecule has 2 aromatic carbocycles. The molecule has 6 nitrogen and oxygen atoms in total. The van der Waals surface area contributed by atoms with E-state index in [2.05, 4.69) is 4.72 Å². The van der Waals surface area contributed by atoms with Crippen LogP contribution in [0.3, 0.4) is 0 Å². The van der Waals surface area contributed by atoms with Crippen molar-refractivity contribution in [3.63, 3.8) is 0 Å². The van der Waals surface area contributed by atoms with Crippen LogP contribution in [0.25, 0.3) is 0 Å². The molecule has 0 aliphatic carbocycles. The summed E-state index contributed by atoms with van der Waals surface area (Å²) in [5.74, 6) is 0.346. The fourth-order valence-corrected chi connectivity index (χ4v) is 4.59. The number of nitrogens with one attached hydrogen (secondary N) is 1. The van der Waals surface area contributed by atoms with Crippen LogP contribution in [0.2, 0.25) is 5.02 Å². The highest BCUT2D eigenvalue weighted by Crippen LogP contribution is 2.29. The minimum absolute atomic E-state index is 0.0184. The van der Waals surface area contributed by atoms with E-state index in [9.17, 15) is 13.2 Å². The highest BCUT2D eigenvalue weighted by atomic mass is 35.5. The van der Waals surface area contributed by atoms with Crippen LogP contribution >= 0.6 is 11.6 Å². The summed E-state index contributed by atoms with van der Waals surface area (Å²) >= 11 is 5.97. The highest BCUT2D eigenvalue weighted by molar-refractivity contribution is 7.92. The number of anilines is 1. The van der Waals surface area contributed by atoms with E-state index in [-0.39, 0.29) is 16.6 Å². The van der Waals surface area contributed by atoms with Crippen LogP contribution in [0, 0.1) is 0 Å². The lowest BCUT2D eigenvalue weighted by Gasteiger charge is -2.15. The predicted molar refractivity (Wildman–Crippen MR) is 109 cm³/mol. The van der Waals surface area contributed by atoms with Crippen LogP contribution < -0.4 is 9.46 Å². The molecule has 1 heterocycles. The fraction of sp³-hybridized carbons (Fsp3) is 0.350. The second-order valence-electron chi connectivity index (χ2n) is 6.59. The Balaban J connectivity index is 1.72. The predicted octanol–water partition coefficient (Wildman–Crippen LogP) is 3.70. The molecule has 0 unspecified atom stereocenters. The van der Waals surface area contributed by atoms with Gasteiger partial charge in [-0.15, -0.1) is 0 Å². The van der Waals surface area contributed by atoms with Gasteiger partial charge in [0.2, 0.25) is 5.91 Å². The number of sulfonamides is 1. The summed E-state index contributed by atoms with van der Waals surface area (Å²) in [7, 11) is -3.87. The third-order valence-corrected chi connectivity index (χ3v) is 6.15. The summed E-state index contributed by atoms with van der Waals surface area (Å²) in [6, 6.07) is 11.3. The molecular weight excluding hydrogens is 400 g/mol. The zero-order valence-electron chi connectivity index (χ0n) is 15.7.